The summed E-state index contributed by atoms with van der Waals surface area (Å²) < 4.78 is 15.9. The average molecular weight is 330 g/mol. The van der Waals surface area contributed by atoms with Gasteiger partial charge in [0.05, 0.1) is 6.10 Å². The van der Waals surface area contributed by atoms with Crippen molar-refractivity contribution in [1.29, 1.82) is 0 Å². The fraction of sp³-hybridized carbons (Fsp3) is 0.188. The normalized spacial score (nSPS) is 12.2. The molecule has 3 aromatic rings. The number of nitrogens with zero attached hydrogens (tertiary/aromatic N) is 3. The molecular formula is C16H15FN4O3. The standard InChI is InChI=1S/C16H15FN4O3/c17-12-6-2-1-5-11(12)13(22)9-18-15(23)10-21-16(24)20-8-4-3-7-14(20)19-21/h1-8,13,22H,9-10H2,(H,18,23)/t13-/m1/s1. The predicted octanol–water partition coefficient (Wildman–Crippen LogP) is 0.485. The number of halogens is 1. The first kappa shape index (κ1) is 15.9. The van der Waals surface area contributed by atoms with Crippen molar-refractivity contribution >= 4 is 11.6 Å². The minimum Gasteiger partial charge on any atom is -0.386 e. The number of benzene rings is 1. The Labute approximate surface area is 136 Å². The van der Waals surface area contributed by atoms with Crippen LogP contribution in [0.2, 0.25) is 0 Å². The van der Waals surface area contributed by atoms with Crippen molar-refractivity contribution in [3.05, 3.63) is 70.5 Å². The summed E-state index contributed by atoms with van der Waals surface area (Å²) >= 11 is 0. The second-order valence-electron chi connectivity index (χ2n) is 5.21. The molecule has 2 heterocycles. The summed E-state index contributed by atoms with van der Waals surface area (Å²) in [5, 5.41) is 16.4. The number of amides is 1. The Kier molecular flexibility index (Phi) is 4.39. The summed E-state index contributed by atoms with van der Waals surface area (Å²) in [7, 11) is 0. The number of hydrogen-bond donors (Lipinski definition) is 2. The molecule has 0 aliphatic carbocycles. The van der Waals surface area contributed by atoms with Crippen LogP contribution >= 0.6 is 0 Å². The van der Waals surface area contributed by atoms with Gasteiger partial charge in [0, 0.05) is 18.3 Å². The lowest BCUT2D eigenvalue weighted by Crippen LogP contribution is -2.35. The van der Waals surface area contributed by atoms with E-state index in [-0.39, 0.29) is 18.7 Å². The molecule has 0 fully saturated rings. The highest BCUT2D eigenvalue weighted by atomic mass is 19.1. The molecule has 1 aromatic carbocycles. The summed E-state index contributed by atoms with van der Waals surface area (Å²) in [6.07, 6.45) is 0.383. The van der Waals surface area contributed by atoms with Gasteiger partial charge in [-0.05, 0) is 18.2 Å². The zero-order valence-electron chi connectivity index (χ0n) is 12.6. The highest BCUT2D eigenvalue weighted by Gasteiger charge is 2.15. The molecule has 8 heteroatoms. The number of aliphatic hydroxyl groups excluding tert-OH is 1. The van der Waals surface area contributed by atoms with Gasteiger partial charge >= 0.3 is 5.69 Å². The minimum atomic E-state index is -1.17. The summed E-state index contributed by atoms with van der Waals surface area (Å²) in [6.45, 7) is -0.452. The van der Waals surface area contributed by atoms with Crippen LogP contribution in [0.5, 0.6) is 0 Å². The van der Waals surface area contributed by atoms with Gasteiger partial charge in [0.1, 0.15) is 12.4 Å². The van der Waals surface area contributed by atoms with Gasteiger partial charge in [-0.1, -0.05) is 24.3 Å². The molecule has 7 nitrogen and oxygen atoms in total. The first-order valence-electron chi connectivity index (χ1n) is 7.29. The number of nitrogens with one attached hydrogen (secondary N) is 1. The van der Waals surface area contributed by atoms with Gasteiger partial charge in [0.25, 0.3) is 0 Å². The Morgan fingerprint density at radius 2 is 2.00 bits per heavy atom. The largest absolute Gasteiger partial charge is 0.386 e. The van der Waals surface area contributed by atoms with Gasteiger partial charge in [-0.15, -0.1) is 5.10 Å². The maximum absolute atomic E-state index is 13.6. The molecule has 124 valence electrons. The van der Waals surface area contributed by atoms with Crippen molar-refractivity contribution in [3.63, 3.8) is 0 Å². The van der Waals surface area contributed by atoms with E-state index in [0.717, 1.165) is 4.68 Å². The second kappa shape index (κ2) is 6.63. The van der Waals surface area contributed by atoms with E-state index in [1.807, 2.05) is 0 Å². The minimum absolute atomic E-state index is 0.0997. The maximum Gasteiger partial charge on any atom is 0.350 e. The molecule has 24 heavy (non-hydrogen) atoms. The summed E-state index contributed by atoms with van der Waals surface area (Å²) in [6, 6.07) is 10.9. The van der Waals surface area contributed by atoms with Gasteiger partial charge in [-0.3, -0.25) is 9.20 Å². The Bertz CT molecular complexity index is 934. The van der Waals surface area contributed by atoms with Crippen LogP contribution in [0.25, 0.3) is 5.65 Å². The third-order valence-corrected chi connectivity index (χ3v) is 3.54. The van der Waals surface area contributed by atoms with Gasteiger partial charge in [0.15, 0.2) is 5.65 Å². The number of aliphatic hydroxyl groups is 1. The van der Waals surface area contributed by atoms with Crippen LogP contribution in [0.1, 0.15) is 11.7 Å². The molecule has 1 amide bonds. The molecule has 0 radical (unpaired) electrons. The van der Waals surface area contributed by atoms with E-state index in [2.05, 4.69) is 10.4 Å². The zero-order valence-corrected chi connectivity index (χ0v) is 12.6. The van der Waals surface area contributed by atoms with Crippen LogP contribution in [-0.4, -0.2) is 31.7 Å². The molecule has 2 aromatic heterocycles. The van der Waals surface area contributed by atoms with E-state index in [1.165, 1.54) is 22.6 Å². The van der Waals surface area contributed by atoms with Crippen molar-refractivity contribution in [2.24, 2.45) is 0 Å². The number of carbonyl (C=O) groups is 1. The summed E-state index contributed by atoms with van der Waals surface area (Å²) in [5.41, 5.74) is 0.0970. The molecule has 2 N–H and O–H groups in total. The number of pyridine rings is 1. The Morgan fingerprint density at radius 3 is 2.75 bits per heavy atom. The first-order chi connectivity index (χ1) is 11.6. The second-order valence-corrected chi connectivity index (χ2v) is 5.21. The van der Waals surface area contributed by atoms with E-state index in [4.69, 9.17) is 0 Å². The molecule has 0 aliphatic heterocycles. The molecule has 1 atom stereocenters. The van der Waals surface area contributed by atoms with Crippen LogP contribution in [-0.2, 0) is 11.3 Å². The highest BCUT2D eigenvalue weighted by molar-refractivity contribution is 5.75. The van der Waals surface area contributed by atoms with Crippen molar-refractivity contribution in [3.8, 4) is 0 Å². The lowest BCUT2D eigenvalue weighted by molar-refractivity contribution is -0.122. The Hall–Kier alpha value is -3.00. The molecular weight excluding hydrogens is 315 g/mol. The van der Waals surface area contributed by atoms with Crippen molar-refractivity contribution in [1.82, 2.24) is 19.5 Å². The fourth-order valence-corrected chi connectivity index (χ4v) is 2.33. The van der Waals surface area contributed by atoms with Gasteiger partial charge in [-0.25, -0.2) is 13.9 Å². The number of aromatic nitrogens is 3. The molecule has 0 bridgehead atoms. The monoisotopic (exact) mass is 330 g/mol. The van der Waals surface area contributed by atoms with Crippen LogP contribution < -0.4 is 11.0 Å². The van der Waals surface area contributed by atoms with E-state index >= 15 is 0 Å². The number of rotatable bonds is 5. The molecule has 0 unspecified atom stereocenters. The fourth-order valence-electron chi connectivity index (χ4n) is 2.33. The van der Waals surface area contributed by atoms with E-state index < -0.39 is 23.5 Å². The predicted molar refractivity (Wildman–Crippen MR) is 83.8 cm³/mol. The smallest absolute Gasteiger partial charge is 0.350 e. The van der Waals surface area contributed by atoms with Gasteiger partial charge < -0.3 is 10.4 Å². The maximum atomic E-state index is 13.6. The van der Waals surface area contributed by atoms with Crippen LogP contribution in [0.15, 0.2) is 53.5 Å². The topological polar surface area (TPSA) is 88.6 Å². The summed E-state index contributed by atoms with van der Waals surface area (Å²) in [4.78, 5) is 24.0. The Balaban J connectivity index is 1.64. The lowest BCUT2D eigenvalue weighted by atomic mass is 10.1. The van der Waals surface area contributed by atoms with E-state index in [0.29, 0.717) is 5.65 Å². The van der Waals surface area contributed by atoms with E-state index in [1.54, 1.807) is 30.5 Å². The molecule has 0 saturated carbocycles. The molecule has 3 rings (SSSR count). The molecule has 0 spiro atoms. The summed E-state index contributed by atoms with van der Waals surface area (Å²) in [5.74, 6) is -1.05. The average Bonchev–Trinajstić information content (AvgIpc) is 2.89. The number of carbonyl (C=O) groups excluding carboxylic acids is 1. The number of hydrogen-bond acceptors (Lipinski definition) is 4. The van der Waals surface area contributed by atoms with Crippen LogP contribution in [0.3, 0.4) is 0 Å². The number of fused-ring (bicyclic) bond motifs is 1. The SMILES string of the molecule is O=C(Cn1nc2ccccn2c1=O)NC[C@@H](O)c1ccccc1F. The lowest BCUT2D eigenvalue weighted by Gasteiger charge is -2.12. The van der Waals surface area contributed by atoms with Crippen molar-refractivity contribution in [2.45, 2.75) is 12.6 Å². The quantitative estimate of drug-likeness (QED) is 0.712. The highest BCUT2D eigenvalue weighted by Crippen LogP contribution is 2.15. The Morgan fingerprint density at radius 1 is 1.25 bits per heavy atom. The third-order valence-electron chi connectivity index (χ3n) is 3.54. The van der Waals surface area contributed by atoms with Gasteiger partial charge in [0.2, 0.25) is 5.91 Å². The van der Waals surface area contributed by atoms with Crippen LogP contribution in [0.4, 0.5) is 4.39 Å². The molecule has 0 saturated heterocycles. The zero-order chi connectivity index (χ0) is 17.1. The van der Waals surface area contributed by atoms with Crippen molar-refractivity contribution in [2.75, 3.05) is 6.54 Å². The van der Waals surface area contributed by atoms with Crippen LogP contribution in [0, 0.1) is 5.82 Å². The van der Waals surface area contributed by atoms with Crippen molar-refractivity contribution < 1.29 is 14.3 Å². The third kappa shape index (κ3) is 3.18. The first-order valence-corrected chi connectivity index (χ1v) is 7.29. The van der Waals surface area contributed by atoms with Gasteiger partial charge in [-0.2, -0.15) is 0 Å². The molecule has 0 aliphatic rings. The van der Waals surface area contributed by atoms with E-state index in [9.17, 15) is 19.1 Å².